The summed E-state index contributed by atoms with van der Waals surface area (Å²) in [4.78, 5) is 7.12. The zero-order valence-electron chi connectivity index (χ0n) is 11.2. The van der Waals surface area contributed by atoms with Gasteiger partial charge in [0.15, 0.2) is 0 Å². The fraction of sp³-hybridized carbons (Fsp3) is 0.267. The van der Waals surface area contributed by atoms with Crippen molar-refractivity contribution in [2.75, 3.05) is 0 Å². The Morgan fingerprint density at radius 1 is 1.37 bits per heavy atom. The van der Waals surface area contributed by atoms with Crippen LogP contribution in [0.15, 0.2) is 36.8 Å². The number of H-pyrrole nitrogens is 1. The lowest BCUT2D eigenvalue weighted by Crippen LogP contribution is -2.14. The van der Waals surface area contributed by atoms with Crippen molar-refractivity contribution < 1.29 is 0 Å². The number of aromatic amines is 1. The van der Waals surface area contributed by atoms with E-state index in [4.69, 9.17) is 5.73 Å². The van der Waals surface area contributed by atoms with Gasteiger partial charge in [0, 0.05) is 29.8 Å². The molecule has 0 saturated carbocycles. The summed E-state index contributed by atoms with van der Waals surface area (Å²) in [6, 6.07) is 8.41. The summed E-state index contributed by atoms with van der Waals surface area (Å²) in [5.74, 6) is 0. The molecule has 1 atom stereocenters. The lowest BCUT2D eigenvalue weighted by molar-refractivity contribution is 0.697. The summed E-state index contributed by atoms with van der Waals surface area (Å²) in [6.07, 6.45) is 4.28. The number of nitrogens with two attached hydrogens (primary N) is 1. The van der Waals surface area contributed by atoms with E-state index in [2.05, 4.69) is 52.8 Å². The van der Waals surface area contributed by atoms with Crippen LogP contribution in [0.2, 0.25) is 0 Å². The molecule has 0 bridgehead atoms. The molecule has 3 N–H and O–H groups in total. The van der Waals surface area contributed by atoms with Crippen molar-refractivity contribution in [2.45, 2.75) is 19.4 Å². The summed E-state index contributed by atoms with van der Waals surface area (Å²) in [6.45, 7) is 2.15. The number of aromatic nitrogens is 3. The predicted molar refractivity (Wildman–Crippen MR) is 76.9 cm³/mol. The number of imidazole rings is 1. The molecule has 3 aromatic rings. The minimum absolute atomic E-state index is 0.0491. The highest BCUT2D eigenvalue weighted by Crippen LogP contribution is 2.27. The molecule has 0 fully saturated rings. The summed E-state index contributed by atoms with van der Waals surface area (Å²) in [5, 5.41) is 1.29. The van der Waals surface area contributed by atoms with Crippen molar-refractivity contribution >= 4 is 10.9 Å². The molecule has 1 unspecified atom stereocenters. The Hall–Kier alpha value is -2.07. The number of nitrogens with zero attached hydrogens (tertiary/aromatic N) is 2. The standard InChI is InChI=1S/C15H18N4/c1-10-12(7-13(16)14-8-17-9-18-14)11-5-3-4-6-15(11)19(10)2/h3-6,8-9,13H,7,16H2,1-2H3,(H,17,18). The van der Waals surface area contributed by atoms with Gasteiger partial charge < -0.3 is 15.3 Å². The second kappa shape index (κ2) is 4.55. The van der Waals surface area contributed by atoms with Gasteiger partial charge >= 0.3 is 0 Å². The third-order valence-corrected chi connectivity index (χ3v) is 3.87. The van der Waals surface area contributed by atoms with E-state index < -0.39 is 0 Å². The fourth-order valence-electron chi connectivity index (χ4n) is 2.66. The number of nitrogens with one attached hydrogen (secondary N) is 1. The molecule has 3 rings (SSSR count). The lowest BCUT2D eigenvalue weighted by Gasteiger charge is -2.10. The molecule has 0 aliphatic heterocycles. The van der Waals surface area contributed by atoms with Gasteiger partial charge in [0.25, 0.3) is 0 Å². The van der Waals surface area contributed by atoms with E-state index in [9.17, 15) is 0 Å². The lowest BCUT2D eigenvalue weighted by atomic mass is 10.0. The quantitative estimate of drug-likeness (QED) is 0.754. The van der Waals surface area contributed by atoms with Crippen LogP contribution in [0.25, 0.3) is 10.9 Å². The monoisotopic (exact) mass is 254 g/mol. The van der Waals surface area contributed by atoms with E-state index >= 15 is 0 Å². The summed E-state index contributed by atoms with van der Waals surface area (Å²) in [7, 11) is 2.10. The highest BCUT2D eigenvalue weighted by molar-refractivity contribution is 5.85. The Morgan fingerprint density at radius 3 is 2.89 bits per heavy atom. The largest absolute Gasteiger partial charge is 0.348 e. The first-order valence-electron chi connectivity index (χ1n) is 6.45. The van der Waals surface area contributed by atoms with E-state index in [0.717, 1.165) is 12.1 Å². The van der Waals surface area contributed by atoms with Gasteiger partial charge in [0.2, 0.25) is 0 Å². The Morgan fingerprint density at radius 2 is 2.16 bits per heavy atom. The molecule has 1 aromatic carbocycles. The average molecular weight is 254 g/mol. The maximum absolute atomic E-state index is 6.26. The van der Waals surface area contributed by atoms with Crippen LogP contribution >= 0.6 is 0 Å². The van der Waals surface area contributed by atoms with Crippen LogP contribution < -0.4 is 5.73 Å². The number of hydrogen-bond acceptors (Lipinski definition) is 2. The van der Waals surface area contributed by atoms with Gasteiger partial charge in [0.05, 0.1) is 18.1 Å². The molecule has 2 heterocycles. The summed E-state index contributed by atoms with van der Waals surface area (Å²) < 4.78 is 2.23. The third-order valence-electron chi connectivity index (χ3n) is 3.87. The van der Waals surface area contributed by atoms with E-state index in [1.165, 1.54) is 22.2 Å². The zero-order valence-corrected chi connectivity index (χ0v) is 11.2. The van der Waals surface area contributed by atoms with Crippen molar-refractivity contribution in [3.05, 3.63) is 53.7 Å². The smallest absolute Gasteiger partial charge is 0.0922 e. The maximum Gasteiger partial charge on any atom is 0.0922 e. The molecular weight excluding hydrogens is 236 g/mol. The first kappa shape index (κ1) is 12.0. The molecule has 0 radical (unpaired) electrons. The van der Waals surface area contributed by atoms with Crippen molar-refractivity contribution in [2.24, 2.45) is 12.8 Å². The highest BCUT2D eigenvalue weighted by atomic mass is 14.9. The molecular formula is C15H18N4. The Kier molecular flexibility index (Phi) is 2.87. The van der Waals surface area contributed by atoms with Crippen molar-refractivity contribution in [1.82, 2.24) is 14.5 Å². The van der Waals surface area contributed by atoms with Crippen LogP contribution in [0.5, 0.6) is 0 Å². The van der Waals surface area contributed by atoms with Gasteiger partial charge in [-0.2, -0.15) is 0 Å². The second-order valence-electron chi connectivity index (χ2n) is 4.96. The Bertz CT molecular complexity index is 694. The van der Waals surface area contributed by atoms with Crippen LogP contribution in [-0.2, 0) is 13.5 Å². The second-order valence-corrected chi connectivity index (χ2v) is 4.96. The molecule has 2 aromatic heterocycles. The van der Waals surface area contributed by atoms with Crippen molar-refractivity contribution in [1.29, 1.82) is 0 Å². The topological polar surface area (TPSA) is 59.6 Å². The van der Waals surface area contributed by atoms with Crippen molar-refractivity contribution in [3.63, 3.8) is 0 Å². The molecule has 0 spiro atoms. The number of aryl methyl sites for hydroxylation is 1. The first-order valence-corrected chi connectivity index (χ1v) is 6.45. The molecule has 0 saturated heterocycles. The number of rotatable bonds is 3. The minimum Gasteiger partial charge on any atom is -0.348 e. The van der Waals surface area contributed by atoms with Crippen molar-refractivity contribution in [3.8, 4) is 0 Å². The van der Waals surface area contributed by atoms with Gasteiger partial charge in [-0.05, 0) is 25.0 Å². The van der Waals surface area contributed by atoms with Gasteiger partial charge in [-0.25, -0.2) is 4.98 Å². The average Bonchev–Trinajstić information content (AvgIpc) is 3.03. The van der Waals surface area contributed by atoms with E-state index in [0.29, 0.717) is 0 Å². The molecule has 0 aliphatic carbocycles. The van der Waals surface area contributed by atoms with Crippen LogP contribution in [0.1, 0.15) is 23.0 Å². The van der Waals surface area contributed by atoms with Gasteiger partial charge in [0.1, 0.15) is 0 Å². The number of benzene rings is 1. The molecule has 19 heavy (non-hydrogen) atoms. The van der Waals surface area contributed by atoms with Gasteiger partial charge in [-0.15, -0.1) is 0 Å². The van der Waals surface area contributed by atoms with E-state index in [-0.39, 0.29) is 6.04 Å². The number of fused-ring (bicyclic) bond motifs is 1. The van der Waals surface area contributed by atoms with Gasteiger partial charge in [-0.3, -0.25) is 0 Å². The third kappa shape index (κ3) is 1.94. The van der Waals surface area contributed by atoms with Crippen LogP contribution in [0, 0.1) is 6.92 Å². The SMILES string of the molecule is Cc1c(CC(N)c2cnc[nH]2)c2ccccc2n1C. The Balaban J connectivity index is 2.03. The van der Waals surface area contributed by atoms with Crippen LogP contribution in [-0.4, -0.2) is 14.5 Å². The van der Waals surface area contributed by atoms with Crippen LogP contribution in [0.4, 0.5) is 0 Å². The molecule has 0 amide bonds. The van der Waals surface area contributed by atoms with E-state index in [1.54, 1.807) is 12.5 Å². The predicted octanol–water partition coefficient (Wildman–Crippen LogP) is 2.45. The molecule has 98 valence electrons. The Labute approximate surface area is 112 Å². The summed E-state index contributed by atoms with van der Waals surface area (Å²) in [5.41, 5.74) is 11.1. The van der Waals surface area contributed by atoms with Crippen LogP contribution in [0.3, 0.4) is 0 Å². The minimum atomic E-state index is -0.0491. The normalized spacial score (nSPS) is 13.0. The fourth-order valence-corrected chi connectivity index (χ4v) is 2.66. The molecule has 4 heteroatoms. The van der Waals surface area contributed by atoms with E-state index in [1.807, 2.05) is 0 Å². The highest BCUT2D eigenvalue weighted by Gasteiger charge is 2.16. The molecule has 4 nitrogen and oxygen atoms in total. The first-order chi connectivity index (χ1) is 9.18. The maximum atomic E-state index is 6.26. The summed E-state index contributed by atoms with van der Waals surface area (Å²) >= 11 is 0. The number of hydrogen-bond donors (Lipinski definition) is 2. The number of para-hydroxylation sites is 1. The van der Waals surface area contributed by atoms with Gasteiger partial charge in [-0.1, -0.05) is 18.2 Å². The molecule has 0 aliphatic rings. The zero-order chi connectivity index (χ0) is 13.4.